The minimum Gasteiger partial charge on any atom is -0.271 e. The first kappa shape index (κ1) is 12.2. The summed E-state index contributed by atoms with van der Waals surface area (Å²) in [4.78, 5) is 0. The summed E-state index contributed by atoms with van der Waals surface area (Å²) >= 11 is 0. The van der Waals surface area contributed by atoms with Crippen molar-refractivity contribution in [2.45, 2.75) is 40.2 Å². The Labute approximate surface area is 92.8 Å². The maximum atomic E-state index is 5.61. The van der Waals surface area contributed by atoms with Gasteiger partial charge in [0.15, 0.2) is 0 Å². The summed E-state index contributed by atoms with van der Waals surface area (Å²) in [5.74, 6) is 5.61. The Kier molecular flexibility index (Phi) is 3.89. The van der Waals surface area contributed by atoms with E-state index in [9.17, 15) is 0 Å². The maximum absolute atomic E-state index is 5.61. The number of benzene rings is 1. The molecule has 0 aliphatic carbocycles. The molecule has 0 aliphatic rings. The molecule has 0 spiro atoms. The highest BCUT2D eigenvalue weighted by molar-refractivity contribution is 5.25. The quantitative estimate of drug-likeness (QED) is 0.589. The highest BCUT2D eigenvalue weighted by atomic mass is 15.2. The minimum atomic E-state index is 0.241. The lowest BCUT2D eigenvalue weighted by molar-refractivity contribution is 0.313. The molecule has 1 aromatic rings. The van der Waals surface area contributed by atoms with Crippen molar-refractivity contribution < 1.29 is 0 Å². The molecule has 0 aromatic heterocycles. The molecule has 0 bridgehead atoms. The molecule has 0 heterocycles. The minimum absolute atomic E-state index is 0.241. The molecular formula is C13H22N2. The molecule has 1 unspecified atom stereocenters. The van der Waals surface area contributed by atoms with Crippen LogP contribution in [0.25, 0.3) is 0 Å². The fraction of sp³-hybridized carbons (Fsp3) is 0.538. The molecule has 0 amide bonds. The summed E-state index contributed by atoms with van der Waals surface area (Å²) in [5, 5.41) is 0. The molecule has 1 aromatic carbocycles. The Hall–Kier alpha value is -0.860. The second kappa shape index (κ2) is 4.77. The molecule has 0 aliphatic heterocycles. The third-order valence-corrected chi connectivity index (χ3v) is 2.46. The number of hydrogen-bond donors (Lipinski definition) is 2. The van der Waals surface area contributed by atoms with Gasteiger partial charge in [0.25, 0.3) is 0 Å². The molecule has 2 heteroatoms. The largest absolute Gasteiger partial charge is 0.271 e. The van der Waals surface area contributed by atoms with Gasteiger partial charge in [-0.05, 0) is 24.3 Å². The third-order valence-electron chi connectivity index (χ3n) is 2.46. The topological polar surface area (TPSA) is 38.0 Å². The van der Waals surface area contributed by atoms with Gasteiger partial charge in [-0.15, -0.1) is 0 Å². The van der Waals surface area contributed by atoms with E-state index < -0.39 is 0 Å². The molecule has 0 fully saturated rings. The fourth-order valence-corrected chi connectivity index (χ4v) is 1.77. The SMILES string of the molecule is Cc1cccc(C(CC(C)(C)C)NN)c1. The van der Waals surface area contributed by atoms with E-state index >= 15 is 0 Å². The van der Waals surface area contributed by atoms with Crippen LogP contribution in [0.2, 0.25) is 0 Å². The van der Waals surface area contributed by atoms with Crippen LogP contribution >= 0.6 is 0 Å². The number of aryl methyl sites for hydroxylation is 1. The van der Waals surface area contributed by atoms with E-state index in [2.05, 4.69) is 57.4 Å². The van der Waals surface area contributed by atoms with E-state index in [1.54, 1.807) is 0 Å². The molecular weight excluding hydrogens is 184 g/mol. The Morgan fingerprint density at radius 3 is 2.47 bits per heavy atom. The Morgan fingerprint density at radius 2 is 2.00 bits per heavy atom. The lowest BCUT2D eigenvalue weighted by Crippen LogP contribution is -2.31. The van der Waals surface area contributed by atoms with Gasteiger partial charge in [0.2, 0.25) is 0 Å². The van der Waals surface area contributed by atoms with Crippen LogP contribution < -0.4 is 11.3 Å². The Balaban J connectivity index is 2.83. The molecule has 0 saturated heterocycles. The zero-order valence-electron chi connectivity index (χ0n) is 10.2. The van der Waals surface area contributed by atoms with Crippen molar-refractivity contribution in [1.82, 2.24) is 5.43 Å². The second-order valence-electron chi connectivity index (χ2n) is 5.40. The summed E-state index contributed by atoms with van der Waals surface area (Å²) in [7, 11) is 0. The van der Waals surface area contributed by atoms with Gasteiger partial charge in [-0.25, -0.2) is 0 Å². The van der Waals surface area contributed by atoms with Crippen molar-refractivity contribution in [3.8, 4) is 0 Å². The number of nitrogens with two attached hydrogens (primary N) is 1. The lowest BCUT2D eigenvalue weighted by Gasteiger charge is -2.26. The Morgan fingerprint density at radius 1 is 1.33 bits per heavy atom. The summed E-state index contributed by atoms with van der Waals surface area (Å²) in [5.41, 5.74) is 5.73. The van der Waals surface area contributed by atoms with Gasteiger partial charge in [-0.1, -0.05) is 50.6 Å². The summed E-state index contributed by atoms with van der Waals surface area (Å²) < 4.78 is 0. The van der Waals surface area contributed by atoms with Crippen molar-refractivity contribution in [2.75, 3.05) is 0 Å². The van der Waals surface area contributed by atoms with Crippen molar-refractivity contribution in [1.29, 1.82) is 0 Å². The van der Waals surface area contributed by atoms with Crippen molar-refractivity contribution >= 4 is 0 Å². The van der Waals surface area contributed by atoms with Crippen LogP contribution in [0.5, 0.6) is 0 Å². The number of nitrogens with one attached hydrogen (secondary N) is 1. The first-order valence-electron chi connectivity index (χ1n) is 5.45. The van der Waals surface area contributed by atoms with E-state index in [1.165, 1.54) is 11.1 Å². The van der Waals surface area contributed by atoms with Crippen LogP contribution in [0.1, 0.15) is 44.4 Å². The van der Waals surface area contributed by atoms with Crippen molar-refractivity contribution in [3.05, 3.63) is 35.4 Å². The molecule has 3 N–H and O–H groups in total. The van der Waals surface area contributed by atoms with Crippen LogP contribution in [0, 0.1) is 12.3 Å². The van der Waals surface area contributed by atoms with Crippen molar-refractivity contribution in [3.63, 3.8) is 0 Å². The maximum Gasteiger partial charge on any atom is 0.0465 e. The average molecular weight is 206 g/mol. The van der Waals surface area contributed by atoms with Crippen LogP contribution in [0.15, 0.2) is 24.3 Å². The monoisotopic (exact) mass is 206 g/mol. The Bertz CT molecular complexity index is 313. The van der Waals surface area contributed by atoms with Gasteiger partial charge in [0.05, 0.1) is 0 Å². The number of rotatable bonds is 3. The third kappa shape index (κ3) is 4.02. The normalized spacial score (nSPS) is 13.9. The predicted molar refractivity (Wildman–Crippen MR) is 65.3 cm³/mol. The fourth-order valence-electron chi connectivity index (χ4n) is 1.77. The molecule has 2 nitrogen and oxygen atoms in total. The highest BCUT2D eigenvalue weighted by Crippen LogP contribution is 2.28. The van der Waals surface area contributed by atoms with Crippen molar-refractivity contribution in [2.24, 2.45) is 11.3 Å². The lowest BCUT2D eigenvalue weighted by atomic mass is 9.85. The van der Waals surface area contributed by atoms with Gasteiger partial charge in [0, 0.05) is 6.04 Å². The summed E-state index contributed by atoms with van der Waals surface area (Å²) in [6.07, 6.45) is 1.03. The molecule has 1 rings (SSSR count). The van der Waals surface area contributed by atoms with Crippen LogP contribution in [0.4, 0.5) is 0 Å². The van der Waals surface area contributed by atoms with Crippen LogP contribution in [0.3, 0.4) is 0 Å². The first-order chi connectivity index (χ1) is 6.92. The second-order valence-corrected chi connectivity index (χ2v) is 5.40. The van der Waals surface area contributed by atoms with Gasteiger partial charge in [-0.3, -0.25) is 11.3 Å². The molecule has 15 heavy (non-hydrogen) atoms. The van der Waals surface area contributed by atoms with E-state index in [-0.39, 0.29) is 11.5 Å². The van der Waals surface area contributed by atoms with Crippen LogP contribution in [-0.2, 0) is 0 Å². The molecule has 0 saturated carbocycles. The van der Waals surface area contributed by atoms with Crippen LogP contribution in [-0.4, -0.2) is 0 Å². The molecule has 1 atom stereocenters. The van der Waals surface area contributed by atoms with E-state index in [0.717, 1.165) is 6.42 Å². The average Bonchev–Trinajstić information content (AvgIpc) is 2.13. The van der Waals surface area contributed by atoms with E-state index in [1.807, 2.05) is 0 Å². The smallest absolute Gasteiger partial charge is 0.0465 e. The predicted octanol–water partition coefficient (Wildman–Crippen LogP) is 2.94. The van der Waals surface area contributed by atoms with Gasteiger partial charge >= 0.3 is 0 Å². The molecule has 0 radical (unpaired) electrons. The highest BCUT2D eigenvalue weighted by Gasteiger charge is 2.18. The molecule has 84 valence electrons. The number of hydrogen-bond acceptors (Lipinski definition) is 2. The zero-order valence-corrected chi connectivity index (χ0v) is 10.2. The van der Waals surface area contributed by atoms with Gasteiger partial charge < -0.3 is 0 Å². The van der Waals surface area contributed by atoms with Gasteiger partial charge in [0.1, 0.15) is 0 Å². The van der Waals surface area contributed by atoms with E-state index in [0.29, 0.717) is 0 Å². The first-order valence-corrected chi connectivity index (χ1v) is 5.45. The summed E-state index contributed by atoms with van der Waals surface area (Å²) in [6.45, 7) is 8.79. The van der Waals surface area contributed by atoms with Gasteiger partial charge in [-0.2, -0.15) is 0 Å². The summed E-state index contributed by atoms with van der Waals surface area (Å²) in [6, 6.07) is 8.75. The number of hydrazine groups is 1. The zero-order chi connectivity index (χ0) is 11.5. The van der Waals surface area contributed by atoms with E-state index in [4.69, 9.17) is 5.84 Å². The standard InChI is InChI=1S/C13H22N2/c1-10-6-5-7-11(8-10)12(15-14)9-13(2,3)4/h5-8,12,15H,9,14H2,1-4H3.